The lowest BCUT2D eigenvalue weighted by molar-refractivity contribution is -0.132. The molecule has 0 bridgehead atoms. The van der Waals surface area contributed by atoms with E-state index in [-0.39, 0.29) is 11.9 Å². The van der Waals surface area contributed by atoms with Crippen molar-refractivity contribution in [1.82, 2.24) is 24.9 Å². The fraction of sp³-hybridized carbons (Fsp3) is 0.312. The third kappa shape index (κ3) is 3.18. The number of rotatable bonds is 4. The highest BCUT2D eigenvalue weighted by Gasteiger charge is 2.32. The second-order valence-corrected chi connectivity index (χ2v) is 5.70. The summed E-state index contributed by atoms with van der Waals surface area (Å²) < 4.78 is 1.78. The third-order valence-corrected chi connectivity index (χ3v) is 3.87. The van der Waals surface area contributed by atoms with Crippen LogP contribution in [-0.4, -0.2) is 58.2 Å². The van der Waals surface area contributed by atoms with Gasteiger partial charge in [-0.2, -0.15) is 5.10 Å². The van der Waals surface area contributed by atoms with Gasteiger partial charge in [0.1, 0.15) is 6.04 Å². The Hall–Kier alpha value is -2.83. The van der Waals surface area contributed by atoms with Gasteiger partial charge in [-0.1, -0.05) is 12.1 Å². The number of nitrogens with zero attached hydrogens (tertiary/aromatic N) is 4. The van der Waals surface area contributed by atoms with E-state index in [0.29, 0.717) is 13.1 Å². The standard InChI is InChI=1S/C16H19N5O2/c1-19(15(22)14-11-20(2)16(23)18-14)10-12-5-3-6-13(9-12)21-8-4-7-17-21/h3-9,14H,10-11H2,1-2H3,(H,18,23)/t14-/m1/s1. The number of benzene rings is 1. The van der Waals surface area contributed by atoms with Crippen LogP contribution in [0.2, 0.25) is 0 Å². The van der Waals surface area contributed by atoms with E-state index in [9.17, 15) is 9.59 Å². The van der Waals surface area contributed by atoms with Crippen molar-refractivity contribution in [2.45, 2.75) is 12.6 Å². The molecule has 0 saturated carbocycles. The van der Waals surface area contributed by atoms with Crippen molar-refractivity contribution >= 4 is 11.9 Å². The Balaban J connectivity index is 1.68. The molecule has 3 rings (SSSR count). The Morgan fingerprint density at radius 3 is 2.91 bits per heavy atom. The van der Waals surface area contributed by atoms with Crippen molar-refractivity contribution in [3.63, 3.8) is 0 Å². The highest BCUT2D eigenvalue weighted by atomic mass is 16.2. The first-order chi connectivity index (χ1) is 11.0. The van der Waals surface area contributed by atoms with Gasteiger partial charge in [0.15, 0.2) is 0 Å². The zero-order valence-electron chi connectivity index (χ0n) is 13.1. The molecule has 120 valence electrons. The van der Waals surface area contributed by atoms with Crippen LogP contribution < -0.4 is 5.32 Å². The Morgan fingerprint density at radius 1 is 1.43 bits per heavy atom. The van der Waals surface area contributed by atoms with Gasteiger partial charge in [0, 0.05) is 33.0 Å². The summed E-state index contributed by atoms with van der Waals surface area (Å²) >= 11 is 0. The Morgan fingerprint density at radius 2 is 2.26 bits per heavy atom. The van der Waals surface area contributed by atoms with E-state index in [4.69, 9.17) is 0 Å². The SMILES string of the molecule is CN1C[C@H](C(=O)N(C)Cc2cccc(-n3cccn3)c2)NC1=O. The van der Waals surface area contributed by atoms with Crippen LogP contribution in [0.4, 0.5) is 4.79 Å². The molecule has 1 aromatic heterocycles. The number of nitrogens with one attached hydrogen (secondary N) is 1. The second-order valence-electron chi connectivity index (χ2n) is 5.70. The van der Waals surface area contributed by atoms with E-state index >= 15 is 0 Å². The molecule has 0 unspecified atom stereocenters. The molecule has 7 heteroatoms. The van der Waals surface area contributed by atoms with E-state index in [1.165, 1.54) is 4.90 Å². The maximum Gasteiger partial charge on any atom is 0.317 e. The van der Waals surface area contributed by atoms with E-state index in [1.54, 1.807) is 29.9 Å². The van der Waals surface area contributed by atoms with Gasteiger partial charge in [0.2, 0.25) is 5.91 Å². The summed E-state index contributed by atoms with van der Waals surface area (Å²) in [5.41, 5.74) is 1.95. The first-order valence-electron chi connectivity index (χ1n) is 7.40. The molecule has 0 radical (unpaired) electrons. The van der Waals surface area contributed by atoms with Crippen LogP contribution in [0.25, 0.3) is 5.69 Å². The summed E-state index contributed by atoms with van der Waals surface area (Å²) in [5.74, 6) is -0.0906. The quantitative estimate of drug-likeness (QED) is 0.910. The molecule has 23 heavy (non-hydrogen) atoms. The summed E-state index contributed by atoms with van der Waals surface area (Å²) in [6.45, 7) is 0.874. The molecule has 2 aromatic rings. The van der Waals surface area contributed by atoms with Gasteiger partial charge in [-0.15, -0.1) is 0 Å². The zero-order chi connectivity index (χ0) is 16.4. The first kappa shape index (κ1) is 15.1. The minimum absolute atomic E-state index is 0.0906. The Bertz CT molecular complexity index is 713. The Kier molecular flexibility index (Phi) is 4.01. The lowest BCUT2D eigenvalue weighted by Crippen LogP contribution is -2.43. The molecule has 1 aromatic carbocycles. The summed E-state index contributed by atoms with van der Waals surface area (Å²) in [7, 11) is 3.42. The normalized spacial score (nSPS) is 17.2. The molecule has 7 nitrogen and oxygen atoms in total. The number of amides is 3. The minimum atomic E-state index is -0.480. The zero-order valence-corrected chi connectivity index (χ0v) is 13.1. The number of aromatic nitrogens is 2. The summed E-state index contributed by atoms with van der Waals surface area (Å²) in [4.78, 5) is 27.0. The van der Waals surface area contributed by atoms with Gasteiger partial charge >= 0.3 is 6.03 Å². The third-order valence-electron chi connectivity index (χ3n) is 3.87. The highest BCUT2D eigenvalue weighted by Crippen LogP contribution is 2.12. The molecule has 1 N–H and O–H groups in total. The summed E-state index contributed by atoms with van der Waals surface area (Å²) in [5, 5.41) is 6.89. The molecule has 0 spiro atoms. The van der Waals surface area contributed by atoms with Gasteiger partial charge in [-0.3, -0.25) is 4.79 Å². The average molecular weight is 313 g/mol. The molecule has 2 heterocycles. The van der Waals surface area contributed by atoms with Crippen molar-refractivity contribution < 1.29 is 9.59 Å². The summed E-state index contributed by atoms with van der Waals surface area (Å²) in [6, 6.07) is 9.04. The minimum Gasteiger partial charge on any atom is -0.340 e. The number of hydrogen-bond acceptors (Lipinski definition) is 3. The van der Waals surface area contributed by atoms with Gasteiger partial charge < -0.3 is 15.1 Å². The molecule has 1 aliphatic heterocycles. The fourth-order valence-corrected chi connectivity index (χ4v) is 2.64. The monoisotopic (exact) mass is 313 g/mol. The van der Waals surface area contributed by atoms with E-state index in [0.717, 1.165) is 11.3 Å². The van der Waals surface area contributed by atoms with Crippen LogP contribution in [0.15, 0.2) is 42.7 Å². The van der Waals surface area contributed by atoms with Gasteiger partial charge in [-0.25, -0.2) is 9.48 Å². The van der Waals surface area contributed by atoms with Crippen LogP contribution in [0.1, 0.15) is 5.56 Å². The van der Waals surface area contributed by atoms with E-state index < -0.39 is 6.04 Å². The van der Waals surface area contributed by atoms with E-state index in [2.05, 4.69) is 10.4 Å². The van der Waals surface area contributed by atoms with Gasteiger partial charge in [-0.05, 0) is 23.8 Å². The molecule has 1 saturated heterocycles. The van der Waals surface area contributed by atoms with E-state index in [1.807, 2.05) is 36.5 Å². The lowest BCUT2D eigenvalue weighted by atomic mass is 10.1. The smallest absolute Gasteiger partial charge is 0.317 e. The van der Waals surface area contributed by atoms with Crippen LogP contribution in [0.3, 0.4) is 0 Å². The molecule has 0 aliphatic carbocycles. The molecular formula is C16H19N5O2. The molecule has 1 fully saturated rings. The molecule has 3 amide bonds. The van der Waals surface area contributed by atoms with Crippen molar-refractivity contribution in [2.24, 2.45) is 0 Å². The van der Waals surface area contributed by atoms with Crippen molar-refractivity contribution in [2.75, 3.05) is 20.6 Å². The van der Waals surface area contributed by atoms with Crippen molar-refractivity contribution in [1.29, 1.82) is 0 Å². The highest BCUT2D eigenvalue weighted by molar-refractivity contribution is 5.90. The van der Waals surface area contributed by atoms with Gasteiger partial charge in [0.25, 0.3) is 0 Å². The van der Waals surface area contributed by atoms with Crippen LogP contribution in [0, 0.1) is 0 Å². The summed E-state index contributed by atoms with van der Waals surface area (Å²) in [6.07, 6.45) is 3.60. The van der Waals surface area contributed by atoms with Crippen LogP contribution in [-0.2, 0) is 11.3 Å². The number of carbonyl (C=O) groups excluding carboxylic acids is 2. The predicted molar refractivity (Wildman–Crippen MR) is 85.0 cm³/mol. The van der Waals surface area contributed by atoms with Crippen molar-refractivity contribution in [3.8, 4) is 5.69 Å². The second kappa shape index (κ2) is 6.12. The van der Waals surface area contributed by atoms with Crippen LogP contribution in [0.5, 0.6) is 0 Å². The molecular weight excluding hydrogens is 294 g/mol. The predicted octanol–water partition coefficient (Wildman–Crippen LogP) is 0.854. The first-order valence-corrected chi connectivity index (χ1v) is 7.40. The average Bonchev–Trinajstić information content (AvgIpc) is 3.18. The largest absolute Gasteiger partial charge is 0.340 e. The topological polar surface area (TPSA) is 70.5 Å². The van der Waals surface area contributed by atoms with Crippen LogP contribution >= 0.6 is 0 Å². The molecule has 1 atom stereocenters. The maximum atomic E-state index is 12.4. The number of urea groups is 1. The lowest BCUT2D eigenvalue weighted by Gasteiger charge is -2.21. The van der Waals surface area contributed by atoms with Gasteiger partial charge in [0.05, 0.1) is 12.2 Å². The molecule has 1 aliphatic rings. The number of hydrogen-bond donors (Lipinski definition) is 1. The Labute approximate surface area is 134 Å². The van der Waals surface area contributed by atoms with Crippen molar-refractivity contribution in [3.05, 3.63) is 48.3 Å². The fourth-order valence-electron chi connectivity index (χ4n) is 2.64. The number of carbonyl (C=O) groups is 2. The number of likely N-dealkylation sites (N-methyl/N-ethyl adjacent to an activating group) is 2. The maximum absolute atomic E-state index is 12.4.